The molecule has 32 heavy (non-hydrogen) atoms. The number of aryl methyl sites for hydroxylation is 1. The van der Waals surface area contributed by atoms with Crippen LogP contribution in [0.2, 0.25) is 0 Å². The number of hydrogen-bond acceptors (Lipinski definition) is 5. The summed E-state index contributed by atoms with van der Waals surface area (Å²) in [5.41, 5.74) is 0.0806. The third-order valence-corrected chi connectivity index (χ3v) is 5.09. The fourth-order valence-electron chi connectivity index (χ4n) is 3.52. The number of alkyl halides is 3. The van der Waals surface area contributed by atoms with Gasteiger partial charge in [0.2, 0.25) is 5.88 Å². The lowest BCUT2D eigenvalue weighted by atomic mass is 10.0. The molecule has 0 bridgehead atoms. The molecule has 0 saturated carbocycles. The van der Waals surface area contributed by atoms with E-state index in [9.17, 15) is 18.0 Å². The smallest absolute Gasteiger partial charge is 0.417 e. The van der Waals surface area contributed by atoms with Crippen molar-refractivity contribution in [3.05, 3.63) is 47.4 Å². The monoisotopic (exact) mass is 453 g/mol. The van der Waals surface area contributed by atoms with E-state index >= 15 is 0 Å². The summed E-state index contributed by atoms with van der Waals surface area (Å²) in [7, 11) is 0. The minimum Gasteiger partial charge on any atom is -0.491 e. The van der Waals surface area contributed by atoms with Crippen molar-refractivity contribution in [2.75, 3.05) is 13.2 Å². The first-order valence-electron chi connectivity index (χ1n) is 10.8. The van der Waals surface area contributed by atoms with E-state index < -0.39 is 17.8 Å². The summed E-state index contributed by atoms with van der Waals surface area (Å²) in [5.74, 6) is 0.208. The lowest BCUT2D eigenvalue weighted by molar-refractivity contribution is -0.137. The number of aromatic nitrogens is 2. The first kappa shape index (κ1) is 25.4. The highest BCUT2D eigenvalue weighted by atomic mass is 19.4. The second-order valence-corrected chi connectivity index (χ2v) is 7.25. The Labute approximate surface area is 186 Å². The van der Waals surface area contributed by atoms with Crippen molar-refractivity contribution in [1.29, 1.82) is 0 Å². The number of amides is 1. The van der Waals surface area contributed by atoms with Crippen LogP contribution in [-0.4, -0.2) is 46.1 Å². The molecule has 2 atom stereocenters. The van der Waals surface area contributed by atoms with Gasteiger partial charge in [0.1, 0.15) is 6.10 Å². The third-order valence-electron chi connectivity index (χ3n) is 5.09. The minimum atomic E-state index is -4.47. The topological polar surface area (TPSA) is 64.5 Å². The maximum absolute atomic E-state index is 13.4. The largest absolute Gasteiger partial charge is 0.491 e. The van der Waals surface area contributed by atoms with Gasteiger partial charge in [0.25, 0.3) is 5.91 Å². The Bertz CT molecular complexity index is 888. The summed E-state index contributed by atoms with van der Waals surface area (Å²) in [6.45, 7) is 10.1. The molecule has 9 heteroatoms. The summed E-state index contributed by atoms with van der Waals surface area (Å²) < 4.78 is 50.0. The maximum Gasteiger partial charge on any atom is 0.417 e. The SMILES string of the molecule is CCOc1ccc(C)nc1C(=O)N(CC)C(CC)C(CC)Oc1ccc(C(F)(F)F)cn1. The van der Waals surface area contributed by atoms with Crippen molar-refractivity contribution in [3.8, 4) is 11.6 Å². The molecule has 0 spiro atoms. The standard InChI is InChI=1S/C23H30F3N3O3/c1-6-17(18(7-2)32-20-13-11-16(14-27-20)23(24,25)26)29(8-3)22(30)21-19(31-9-4)12-10-15(5)28-21/h10-14,17-18H,6-9H2,1-5H3. The van der Waals surface area contributed by atoms with Gasteiger partial charge in [-0.15, -0.1) is 0 Å². The van der Waals surface area contributed by atoms with Crippen LogP contribution in [0.25, 0.3) is 0 Å². The Hall–Kier alpha value is -2.84. The van der Waals surface area contributed by atoms with E-state index in [0.717, 1.165) is 12.3 Å². The van der Waals surface area contributed by atoms with Gasteiger partial charge in [-0.3, -0.25) is 4.79 Å². The molecule has 0 fully saturated rings. The Morgan fingerprint density at radius 1 is 1.09 bits per heavy atom. The number of pyridine rings is 2. The molecule has 1 amide bonds. The van der Waals surface area contributed by atoms with E-state index in [1.165, 1.54) is 6.07 Å². The van der Waals surface area contributed by atoms with Crippen molar-refractivity contribution in [2.45, 2.75) is 65.8 Å². The van der Waals surface area contributed by atoms with E-state index in [0.29, 0.717) is 37.4 Å². The van der Waals surface area contributed by atoms with Gasteiger partial charge in [-0.05, 0) is 51.8 Å². The maximum atomic E-state index is 13.4. The van der Waals surface area contributed by atoms with Crippen LogP contribution in [-0.2, 0) is 6.18 Å². The van der Waals surface area contributed by atoms with Crippen molar-refractivity contribution < 1.29 is 27.4 Å². The summed E-state index contributed by atoms with van der Waals surface area (Å²) in [6.07, 6.45) is -3.07. The molecule has 176 valence electrons. The number of carbonyl (C=O) groups excluding carboxylic acids is 1. The first-order valence-corrected chi connectivity index (χ1v) is 10.8. The molecule has 2 unspecified atom stereocenters. The number of nitrogens with zero attached hydrogens (tertiary/aromatic N) is 3. The molecule has 0 aliphatic carbocycles. The Balaban J connectivity index is 2.30. The molecule has 2 aromatic rings. The molecule has 2 rings (SSSR count). The van der Waals surface area contributed by atoms with Crippen LogP contribution in [0.3, 0.4) is 0 Å². The van der Waals surface area contributed by atoms with Gasteiger partial charge in [0.15, 0.2) is 11.4 Å². The molecule has 0 aromatic carbocycles. The van der Waals surface area contributed by atoms with Gasteiger partial charge in [-0.2, -0.15) is 13.2 Å². The summed E-state index contributed by atoms with van der Waals surface area (Å²) in [4.78, 5) is 23.3. The second kappa shape index (κ2) is 11.2. The number of ether oxygens (including phenoxy) is 2. The molecule has 2 heterocycles. The highest BCUT2D eigenvalue weighted by Crippen LogP contribution is 2.30. The van der Waals surface area contributed by atoms with Crippen molar-refractivity contribution in [1.82, 2.24) is 14.9 Å². The normalized spacial score (nSPS) is 13.4. The highest BCUT2D eigenvalue weighted by molar-refractivity contribution is 5.95. The van der Waals surface area contributed by atoms with Crippen molar-refractivity contribution in [3.63, 3.8) is 0 Å². The number of carbonyl (C=O) groups is 1. The van der Waals surface area contributed by atoms with Crippen LogP contribution in [0, 0.1) is 6.92 Å². The molecule has 0 saturated heterocycles. The average molecular weight is 454 g/mol. The molecular weight excluding hydrogens is 423 g/mol. The molecule has 0 radical (unpaired) electrons. The van der Waals surface area contributed by atoms with E-state index in [-0.39, 0.29) is 23.5 Å². The van der Waals surface area contributed by atoms with Crippen LogP contribution >= 0.6 is 0 Å². The fraction of sp³-hybridized carbons (Fsp3) is 0.522. The number of rotatable bonds is 10. The lowest BCUT2D eigenvalue weighted by Gasteiger charge is -2.35. The summed E-state index contributed by atoms with van der Waals surface area (Å²) in [5, 5.41) is 0. The number of halogens is 3. The molecule has 0 N–H and O–H groups in total. The van der Waals surface area contributed by atoms with Crippen LogP contribution in [0.1, 0.15) is 62.3 Å². The molecule has 2 aromatic heterocycles. The quantitative estimate of drug-likeness (QED) is 0.488. The predicted octanol–water partition coefficient (Wildman–Crippen LogP) is 5.30. The summed E-state index contributed by atoms with van der Waals surface area (Å²) >= 11 is 0. The number of likely N-dealkylation sites (N-methyl/N-ethyl adjacent to an activating group) is 1. The Morgan fingerprint density at radius 3 is 2.31 bits per heavy atom. The van der Waals surface area contributed by atoms with E-state index in [1.54, 1.807) is 24.0 Å². The Kier molecular flexibility index (Phi) is 8.86. The van der Waals surface area contributed by atoms with Gasteiger partial charge in [0.05, 0.1) is 18.2 Å². The minimum absolute atomic E-state index is 0.0792. The van der Waals surface area contributed by atoms with Crippen LogP contribution in [0.4, 0.5) is 13.2 Å². The predicted molar refractivity (Wildman–Crippen MR) is 115 cm³/mol. The zero-order valence-electron chi connectivity index (χ0n) is 19.1. The van der Waals surface area contributed by atoms with Crippen molar-refractivity contribution in [2.24, 2.45) is 0 Å². The first-order chi connectivity index (χ1) is 15.2. The van der Waals surface area contributed by atoms with Gasteiger partial charge in [0, 0.05) is 24.5 Å². The fourth-order valence-corrected chi connectivity index (χ4v) is 3.52. The lowest BCUT2D eigenvalue weighted by Crippen LogP contribution is -2.49. The van der Waals surface area contributed by atoms with Gasteiger partial charge in [-0.25, -0.2) is 9.97 Å². The average Bonchev–Trinajstić information content (AvgIpc) is 2.76. The molecule has 6 nitrogen and oxygen atoms in total. The van der Waals surface area contributed by atoms with Gasteiger partial charge in [-0.1, -0.05) is 13.8 Å². The van der Waals surface area contributed by atoms with Crippen LogP contribution in [0.5, 0.6) is 11.6 Å². The third kappa shape index (κ3) is 6.11. The second-order valence-electron chi connectivity index (χ2n) is 7.25. The highest BCUT2D eigenvalue weighted by Gasteiger charge is 2.33. The molecule has 0 aliphatic rings. The van der Waals surface area contributed by atoms with Gasteiger partial charge >= 0.3 is 6.18 Å². The molecular formula is C23H30F3N3O3. The van der Waals surface area contributed by atoms with Crippen LogP contribution in [0.15, 0.2) is 30.5 Å². The Morgan fingerprint density at radius 2 is 1.81 bits per heavy atom. The van der Waals surface area contributed by atoms with Crippen molar-refractivity contribution >= 4 is 5.91 Å². The zero-order valence-corrected chi connectivity index (χ0v) is 19.1. The van der Waals surface area contributed by atoms with E-state index in [1.807, 2.05) is 27.7 Å². The van der Waals surface area contributed by atoms with E-state index in [2.05, 4.69) is 9.97 Å². The molecule has 0 aliphatic heterocycles. The number of hydrogen-bond donors (Lipinski definition) is 0. The van der Waals surface area contributed by atoms with Gasteiger partial charge < -0.3 is 14.4 Å². The van der Waals surface area contributed by atoms with E-state index in [4.69, 9.17) is 9.47 Å². The summed E-state index contributed by atoms with van der Waals surface area (Å²) in [6, 6.07) is 5.31. The van der Waals surface area contributed by atoms with Crippen LogP contribution < -0.4 is 9.47 Å². The zero-order chi connectivity index (χ0) is 23.9.